The van der Waals surface area contributed by atoms with E-state index >= 15 is 0 Å². The quantitative estimate of drug-likeness (QED) is 0.718. The van der Waals surface area contributed by atoms with Gasteiger partial charge in [-0.3, -0.25) is 14.2 Å². The fourth-order valence-electron chi connectivity index (χ4n) is 2.80. The van der Waals surface area contributed by atoms with Crippen LogP contribution in [0.25, 0.3) is 5.65 Å². The SMILES string of the molecule is O=c1cc(N2CCOCC2)nc2c(OCc3ccncc3)cccn12. The minimum atomic E-state index is -0.124. The zero-order valence-electron chi connectivity index (χ0n) is 13.7. The Bertz CT molecular complexity index is 921. The molecule has 0 spiro atoms. The van der Waals surface area contributed by atoms with E-state index in [2.05, 4.69) is 14.9 Å². The molecule has 0 aliphatic carbocycles. The Morgan fingerprint density at radius 3 is 2.76 bits per heavy atom. The van der Waals surface area contributed by atoms with Crippen LogP contribution >= 0.6 is 0 Å². The molecule has 0 atom stereocenters. The summed E-state index contributed by atoms with van der Waals surface area (Å²) in [5.41, 5.74) is 1.40. The highest BCUT2D eigenvalue weighted by Crippen LogP contribution is 2.20. The van der Waals surface area contributed by atoms with Crippen LogP contribution in [0.2, 0.25) is 0 Å². The molecule has 1 saturated heterocycles. The minimum Gasteiger partial charge on any atom is -0.485 e. The summed E-state index contributed by atoms with van der Waals surface area (Å²) in [5.74, 6) is 1.24. The van der Waals surface area contributed by atoms with Crippen LogP contribution in [0.3, 0.4) is 0 Å². The molecule has 0 unspecified atom stereocenters. The van der Waals surface area contributed by atoms with Crippen molar-refractivity contribution in [2.45, 2.75) is 6.61 Å². The number of nitrogens with zero attached hydrogens (tertiary/aromatic N) is 4. The first-order valence-corrected chi connectivity index (χ1v) is 8.18. The van der Waals surface area contributed by atoms with Gasteiger partial charge in [0, 0.05) is 37.7 Å². The molecule has 0 radical (unpaired) electrons. The lowest BCUT2D eigenvalue weighted by molar-refractivity contribution is 0.122. The van der Waals surface area contributed by atoms with Gasteiger partial charge in [-0.1, -0.05) is 0 Å². The molecule has 7 heteroatoms. The molecule has 7 nitrogen and oxygen atoms in total. The van der Waals surface area contributed by atoms with E-state index in [0.29, 0.717) is 37.0 Å². The smallest absolute Gasteiger partial charge is 0.260 e. The normalized spacial score (nSPS) is 14.6. The van der Waals surface area contributed by atoms with Crippen molar-refractivity contribution >= 4 is 11.5 Å². The van der Waals surface area contributed by atoms with Crippen LogP contribution in [-0.2, 0) is 11.3 Å². The standard InChI is InChI=1S/C18H18N4O3/c23-17-12-16(21-8-10-24-11-9-21)20-18-15(2-1-7-22(17)18)25-13-14-3-5-19-6-4-14/h1-7,12H,8-11,13H2. The van der Waals surface area contributed by atoms with Crippen molar-refractivity contribution < 1.29 is 9.47 Å². The van der Waals surface area contributed by atoms with Gasteiger partial charge in [0.2, 0.25) is 0 Å². The molecule has 0 bridgehead atoms. The van der Waals surface area contributed by atoms with Crippen molar-refractivity contribution in [3.8, 4) is 5.75 Å². The second-order valence-electron chi connectivity index (χ2n) is 5.76. The maximum Gasteiger partial charge on any atom is 0.260 e. The number of hydrogen-bond acceptors (Lipinski definition) is 6. The molecular formula is C18H18N4O3. The highest BCUT2D eigenvalue weighted by molar-refractivity contribution is 5.57. The predicted octanol–water partition coefficient (Wildman–Crippen LogP) is 1.51. The number of morpholine rings is 1. The predicted molar refractivity (Wildman–Crippen MR) is 93.1 cm³/mol. The molecule has 1 fully saturated rings. The molecule has 0 saturated carbocycles. The van der Waals surface area contributed by atoms with Crippen molar-refractivity contribution in [3.05, 3.63) is 64.8 Å². The van der Waals surface area contributed by atoms with E-state index in [1.54, 1.807) is 30.7 Å². The van der Waals surface area contributed by atoms with Gasteiger partial charge in [-0.2, -0.15) is 0 Å². The maximum absolute atomic E-state index is 12.5. The first kappa shape index (κ1) is 15.6. The molecule has 4 heterocycles. The van der Waals surface area contributed by atoms with Crippen molar-refractivity contribution in [2.75, 3.05) is 31.2 Å². The Kier molecular flexibility index (Phi) is 4.30. The summed E-state index contributed by atoms with van der Waals surface area (Å²) in [6, 6.07) is 8.96. The first-order valence-electron chi connectivity index (χ1n) is 8.18. The second kappa shape index (κ2) is 6.90. The second-order valence-corrected chi connectivity index (χ2v) is 5.76. The van der Waals surface area contributed by atoms with E-state index in [0.717, 1.165) is 18.7 Å². The fourth-order valence-corrected chi connectivity index (χ4v) is 2.80. The van der Waals surface area contributed by atoms with Crippen LogP contribution in [0.5, 0.6) is 5.75 Å². The summed E-state index contributed by atoms with van der Waals surface area (Å²) in [7, 11) is 0. The van der Waals surface area contributed by atoms with Gasteiger partial charge in [0.1, 0.15) is 12.4 Å². The van der Waals surface area contributed by atoms with Crippen molar-refractivity contribution in [1.82, 2.24) is 14.4 Å². The van der Waals surface area contributed by atoms with Gasteiger partial charge >= 0.3 is 0 Å². The number of fused-ring (bicyclic) bond motifs is 1. The van der Waals surface area contributed by atoms with Gasteiger partial charge in [-0.05, 0) is 29.8 Å². The number of pyridine rings is 2. The number of rotatable bonds is 4. The van der Waals surface area contributed by atoms with E-state index in [-0.39, 0.29) is 5.56 Å². The maximum atomic E-state index is 12.5. The molecule has 25 heavy (non-hydrogen) atoms. The average molecular weight is 338 g/mol. The van der Waals surface area contributed by atoms with E-state index < -0.39 is 0 Å². The molecule has 1 aliphatic rings. The molecule has 3 aromatic rings. The zero-order valence-corrected chi connectivity index (χ0v) is 13.7. The Labute approximate surface area is 144 Å². The summed E-state index contributed by atoms with van der Waals surface area (Å²) >= 11 is 0. The Morgan fingerprint density at radius 1 is 1.16 bits per heavy atom. The van der Waals surface area contributed by atoms with Crippen LogP contribution < -0.4 is 15.2 Å². The van der Waals surface area contributed by atoms with Gasteiger partial charge in [-0.15, -0.1) is 0 Å². The van der Waals surface area contributed by atoms with Crippen LogP contribution in [0, 0.1) is 0 Å². The number of aromatic nitrogens is 3. The largest absolute Gasteiger partial charge is 0.485 e. The van der Waals surface area contributed by atoms with Crippen LogP contribution in [0.15, 0.2) is 53.7 Å². The van der Waals surface area contributed by atoms with Gasteiger partial charge < -0.3 is 14.4 Å². The molecule has 0 aromatic carbocycles. The van der Waals surface area contributed by atoms with Crippen molar-refractivity contribution in [3.63, 3.8) is 0 Å². The van der Waals surface area contributed by atoms with Crippen LogP contribution in [-0.4, -0.2) is 40.7 Å². The highest BCUT2D eigenvalue weighted by Gasteiger charge is 2.15. The lowest BCUT2D eigenvalue weighted by Gasteiger charge is -2.27. The van der Waals surface area contributed by atoms with Crippen LogP contribution in [0.4, 0.5) is 5.82 Å². The molecule has 3 aromatic heterocycles. The Morgan fingerprint density at radius 2 is 1.96 bits per heavy atom. The third kappa shape index (κ3) is 3.32. The van der Waals surface area contributed by atoms with Gasteiger partial charge in [0.25, 0.3) is 5.56 Å². The first-order chi connectivity index (χ1) is 12.3. The van der Waals surface area contributed by atoms with Gasteiger partial charge in [0.05, 0.1) is 13.2 Å². The molecule has 4 rings (SSSR count). The summed E-state index contributed by atoms with van der Waals surface area (Å²) in [6.45, 7) is 3.12. The Hall–Kier alpha value is -2.93. The summed E-state index contributed by atoms with van der Waals surface area (Å²) in [6.07, 6.45) is 5.15. The molecular weight excluding hydrogens is 320 g/mol. The molecule has 1 aliphatic heterocycles. The molecule has 0 N–H and O–H groups in total. The Balaban J connectivity index is 1.68. The topological polar surface area (TPSA) is 69.0 Å². The number of ether oxygens (including phenoxy) is 2. The lowest BCUT2D eigenvalue weighted by atomic mass is 10.3. The average Bonchev–Trinajstić information content (AvgIpc) is 2.68. The van der Waals surface area contributed by atoms with E-state index in [4.69, 9.17) is 9.47 Å². The van der Waals surface area contributed by atoms with E-state index in [1.807, 2.05) is 18.2 Å². The minimum absolute atomic E-state index is 0.124. The third-order valence-corrected chi connectivity index (χ3v) is 4.12. The van der Waals surface area contributed by atoms with Crippen molar-refractivity contribution in [1.29, 1.82) is 0 Å². The summed E-state index contributed by atoms with van der Waals surface area (Å²) < 4.78 is 12.8. The fraction of sp³-hybridized carbons (Fsp3) is 0.278. The van der Waals surface area contributed by atoms with Gasteiger partial charge in [-0.25, -0.2) is 4.98 Å². The van der Waals surface area contributed by atoms with E-state index in [1.165, 1.54) is 4.40 Å². The monoisotopic (exact) mass is 338 g/mol. The lowest BCUT2D eigenvalue weighted by Crippen LogP contribution is -2.37. The summed E-state index contributed by atoms with van der Waals surface area (Å²) in [4.78, 5) is 23.2. The zero-order chi connectivity index (χ0) is 17.1. The van der Waals surface area contributed by atoms with E-state index in [9.17, 15) is 4.79 Å². The van der Waals surface area contributed by atoms with Gasteiger partial charge in [0.15, 0.2) is 11.4 Å². The molecule has 128 valence electrons. The number of anilines is 1. The third-order valence-electron chi connectivity index (χ3n) is 4.12. The molecule has 0 amide bonds. The number of hydrogen-bond donors (Lipinski definition) is 0. The highest BCUT2D eigenvalue weighted by atomic mass is 16.5. The van der Waals surface area contributed by atoms with Crippen molar-refractivity contribution in [2.24, 2.45) is 0 Å². The van der Waals surface area contributed by atoms with Crippen LogP contribution in [0.1, 0.15) is 5.56 Å². The summed E-state index contributed by atoms with van der Waals surface area (Å²) in [5, 5.41) is 0.